The Hall–Kier alpha value is -0.920. The number of allylic oxidation sites excluding steroid dienone is 5. The lowest BCUT2D eigenvalue weighted by Gasteiger charge is -2.37. The topological polar surface area (TPSA) is 0 Å². The van der Waals surface area contributed by atoms with Gasteiger partial charge in [-0.15, -0.1) is 0 Å². The fourth-order valence-corrected chi connectivity index (χ4v) is 4.23. The van der Waals surface area contributed by atoms with Crippen LogP contribution in [0.5, 0.6) is 0 Å². The quantitative estimate of drug-likeness (QED) is 0.495. The van der Waals surface area contributed by atoms with Crippen LogP contribution in [0.25, 0.3) is 0 Å². The van der Waals surface area contributed by atoms with Crippen LogP contribution < -0.4 is 0 Å². The van der Waals surface area contributed by atoms with Crippen LogP contribution in [0.2, 0.25) is 0 Å². The third kappa shape index (κ3) is 4.79. The summed E-state index contributed by atoms with van der Waals surface area (Å²) in [6, 6.07) is 0. The number of rotatable bonds is 4. The Balaban J connectivity index is 1.82. The highest BCUT2D eigenvalue weighted by Crippen LogP contribution is 2.42. The lowest BCUT2D eigenvalue weighted by molar-refractivity contribution is 0.158. The molecule has 0 N–H and O–H groups in total. The van der Waals surface area contributed by atoms with Crippen molar-refractivity contribution < 1.29 is 8.78 Å². The van der Waals surface area contributed by atoms with E-state index in [2.05, 4.69) is 13.5 Å². The van der Waals surface area contributed by atoms with Gasteiger partial charge in [0, 0.05) is 0 Å². The SMILES string of the molecule is C=C(F)/C(F)=C\C=C(/C)C1CCC(C2CCC(C)CC2)CC1. The van der Waals surface area contributed by atoms with Crippen LogP contribution in [0, 0.1) is 23.7 Å². The van der Waals surface area contributed by atoms with Crippen LogP contribution in [0.15, 0.2) is 36.0 Å². The largest absolute Gasteiger partial charge is 0.204 e. The predicted octanol–water partition coefficient (Wildman–Crippen LogP) is 6.90. The van der Waals surface area contributed by atoms with E-state index in [-0.39, 0.29) is 0 Å². The Morgan fingerprint density at radius 3 is 1.86 bits per heavy atom. The minimum absolute atomic E-state index is 0.538. The average Bonchev–Trinajstić information content (AvgIpc) is 2.53. The molecule has 2 rings (SSSR count). The Morgan fingerprint density at radius 1 is 0.864 bits per heavy atom. The van der Waals surface area contributed by atoms with Gasteiger partial charge in [0.05, 0.1) is 0 Å². The zero-order chi connectivity index (χ0) is 16.1. The van der Waals surface area contributed by atoms with Crippen LogP contribution in [-0.4, -0.2) is 0 Å². The molecule has 0 spiro atoms. The molecule has 124 valence electrons. The molecule has 0 bridgehead atoms. The summed E-state index contributed by atoms with van der Waals surface area (Å²) in [5, 5.41) is 0. The summed E-state index contributed by atoms with van der Waals surface area (Å²) in [6.07, 6.45) is 13.6. The molecule has 22 heavy (non-hydrogen) atoms. The average molecular weight is 308 g/mol. The molecule has 2 aliphatic rings. The molecule has 0 aliphatic heterocycles. The first-order chi connectivity index (χ1) is 10.5. The van der Waals surface area contributed by atoms with E-state index in [0.29, 0.717) is 5.92 Å². The Morgan fingerprint density at radius 2 is 1.36 bits per heavy atom. The molecule has 2 saturated carbocycles. The first-order valence-corrected chi connectivity index (χ1v) is 8.86. The zero-order valence-electron chi connectivity index (χ0n) is 14.1. The van der Waals surface area contributed by atoms with Gasteiger partial charge in [-0.1, -0.05) is 38.0 Å². The second kappa shape index (κ2) is 8.08. The van der Waals surface area contributed by atoms with E-state index in [0.717, 1.165) is 17.8 Å². The normalized spacial score (nSPS) is 34.5. The van der Waals surface area contributed by atoms with Crippen LogP contribution in [0.3, 0.4) is 0 Å². The Kier molecular flexibility index (Phi) is 6.40. The summed E-state index contributed by atoms with van der Waals surface area (Å²) in [7, 11) is 0. The monoisotopic (exact) mass is 308 g/mol. The van der Waals surface area contributed by atoms with Gasteiger partial charge >= 0.3 is 0 Å². The molecule has 0 radical (unpaired) electrons. The second-order valence-electron chi connectivity index (χ2n) is 7.46. The first-order valence-electron chi connectivity index (χ1n) is 8.86. The van der Waals surface area contributed by atoms with Gasteiger partial charge in [0.25, 0.3) is 0 Å². The van der Waals surface area contributed by atoms with Gasteiger partial charge in [0.2, 0.25) is 0 Å². The zero-order valence-corrected chi connectivity index (χ0v) is 14.1. The van der Waals surface area contributed by atoms with Gasteiger partial charge in [-0.05, 0) is 75.2 Å². The van der Waals surface area contributed by atoms with Gasteiger partial charge in [0.15, 0.2) is 11.7 Å². The predicted molar refractivity (Wildman–Crippen MR) is 89.8 cm³/mol. The Bertz CT molecular complexity index is 431. The van der Waals surface area contributed by atoms with E-state index in [9.17, 15) is 8.78 Å². The molecule has 0 aromatic rings. The molecule has 2 fully saturated rings. The van der Waals surface area contributed by atoms with E-state index in [4.69, 9.17) is 0 Å². The standard InChI is InChI=1S/C20H30F2/c1-14-4-7-18(8-5-14)19-11-9-17(10-12-19)15(2)6-13-20(22)16(3)21/h6,13-14,17-19H,3-5,7-12H2,1-2H3/b15-6+,20-13+. The maximum Gasteiger partial charge on any atom is 0.158 e. The summed E-state index contributed by atoms with van der Waals surface area (Å²) in [6.45, 7) is 7.39. The molecule has 0 amide bonds. The number of hydrogen-bond acceptors (Lipinski definition) is 0. The summed E-state index contributed by atoms with van der Waals surface area (Å²) in [4.78, 5) is 0. The van der Waals surface area contributed by atoms with Crippen molar-refractivity contribution in [2.45, 2.75) is 65.2 Å². The van der Waals surface area contributed by atoms with E-state index >= 15 is 0 Å². The third-order valence-corrected chi connectivity index (χ3v) is 5.89. The van der Waals surface area contributed by atoms with Crippen LogP contribution in [0.4, 0.5) is 8.78 Å². The molecule has 0 aromatic carbocycles. The van der Waals surface area contributed by atoms with Crippen molar-refractivity contribution >= 4 is 0 Å². The lowest BCUT2D eigenvalue weighted by Crippen LogP contribution is -2.25. The molecular formula is C20H30F2. The van der Waals surface area contributed by atoms with Crippen molar-refractivity contribution in [2.75, 3.05) is 0 Å². The fourth-order valence-electron chi connectivity index (χ4n) is 4.23. The van der Waals surface area contributed by atoms with Crippen molar-refractivity contribution in [3.63, 3.8) is 0 Å². The van der Waals surface area contributed by atoms with E-state index in [1.807, 2.05) is 6.92 Å². The fraction of sp³-hybridized carbons (Fsp3) is 0.700. The number of hydrogen-bond donors (Lipinski definition) is 0. The minimum Gasteiger partial charge on any atom is -0.204 e. The van der Waals surface area contributed by atoms with Crippen LogP contribution in [-0.2, 0) is 0 Å². The van der Waals surface area contributed by atoms with Gasteiger partial charge in [-0.25, -0.2) is 8.78 Å². The first kappa shape index (κ1) is 17.4. The summed E-state index contributed by atoms with van der Waals surface area (Å²) < 4.78 is 25.7. The molecule has 2 heteroatoms. The lowest BCUT2D eigenvalue weighted by atomic mass is 9.68. The van der Waals surface area contributed by atoms with E-state index < -0.39 is 11.7 Å². The molecule has 0 nitrogen and oxygen atoms in total. The Labute approximate surface area is 134 Å². The van der Waals surface area contributed by atoms with E-state index in [1.165, 1.54) is 63.0 Å². The smallest absolute Gasteiger partial charge is 0.158 e. The molecule has 0 aromatic heterocycles. The highest BCUT2D eigenvalue weighted by Gasteiger charge is 2.30. The molecule has 0 saturated heterocycles. The second-order valence-corrected chi connectivity index (χ2v) is 7.46. The van der Waals surface area contributed by atoms with Crippen molar-refractivity contribution in [3.05, 3.63) is 36.0 Å². The summed E-state index contributed by atoms with van der Waals surface area (Å²) in [5.74, 6) is 1.45. The van der Waals surface area contributed by atoms with Crippen molar-refractivity contribution in [2.24, 2.45) is 23.7 Å². The van der Waals surface area contributed by atoms with Gasteiger partial charge < -0.3 is 0 Å². The van der Waals surface area contributed by atoms with Gasteiger partial charge in [-0.2, -0.15) is 0 Å². The third-order valence-electron chi connectivity index (χ3n) is 5.89. The summed E-state index contributed by atoms with van der Waals surface area (Å²) in [5.41, 5.74) is 1.17. The van der Waals surface area contributed by atoms with Crippen LogP contribution in [0.1, 0.15) is 65.2 Å². The molecule has 0 atom stereocenters. The maximum absolute atomic E-state index is 13.1. The minimum atomic E-state index is -0.987. The molecule has 2 aliphatic carbocycles. The van der Waals surface area contributed by atoms with Crippen molar-refractivity contribution in [1.29, 1.82) is 0 Å². The van der Waals surface area contributed by atoms with E-state index in [1.54, 1.807) is 6.08 Å². The number of halogens is 2. The molecule has 0 heterocycles. The van der Waals surface area contributed by atoms with Crippen molar-refractivity contribution in [3.8, 4) is 0 Å². The van der Waals surface area contributed by atoms with Crippen molar-refractivity contribution in [1.82, 2.24) is 0 Å². The van der Waals surface area contributed by atoms with Gasteiger partial charge in [-0.3, -0.25) is 0 Å². The molecule has 0 unspecified atom stereocenters. The van der Waals surface area contributed by atoms with Crippen LogP contribution >= 0.6 is 0 Å². The summed E-state index contributed by atoms with van der Waals surface area (Å²) >= 11 is 0. The highest BCUT2D eigenvalue weighted by molar-refractivity contribution is 5.23. The van der Waals surface area contributed by atoms with Gasteiger partial charge in [0.1, 0.15) is 0 Å². The molecular weight excluding hydrogens is 278 g/mol. The maximum atomic E-state index is 13.1. The highest BCUT2D eigenvalue weighted by atomic mass is 19.2.